The molecule has 0 fully saturated rings. The molecule has 0 amide bonds. The number of fused-ring (bicyclic) bond motifs is 1. The molecule has 2 aromatic carbocycles. The Kier molecular flexibility index (Phi) is 3.34. The SMILES string of the molecule is O=C1O/C(=C\c2ccc([N+](=O)[O-])cc2)c2ccc([N+](=O)[O-])cc21. The van der Waals surface area contributed by atoms with E-state index in [1.807, 2.05) is 0 Å². The second-order valence-electron chi connectivity index (χ2n) is 4.73. The molecule has 1 aliphatic heterocycles. The normalized spacial score (nSPS) is 14.4. The number of cyclic esters (lactones) is 1. The summed E-state index contributed by atoms with van der Waals surface area (Å²) in [7, 11) is 0. The van der Waals surface area contributed by atoms with Crippen molar-refractivity contribution in [3.8, 4) is 0 Å². The van der Waals surface area contributed by atoms with Gasteiger partial charge in [-0.2, -0.15) is 0 Å². The summed E-state index contributed by atoms with van der Waals surface area (Å²) in [4.78, 5) is 32.1. The number of non-ortho nitro benzene ring substituents is 2. The topological polar surface area (TPSA) is 113 Å². The van der Waals surface area contributed by atoms with Gasteiger partial charge in [-0.15, -0.1) is 0 Å². The Morgan fingerprint density at radius 1 is 0.870 bits per heavy atom. The van der Waals surface area contributed by atoms with Crippen LogP contribution < -0.4 is 0 Å². The molecule has 23 heavy (non-hydrogen) atoms. The highest BCUT2D eigenvalue weighted by Crippen LogP contribution is 2.33. The van der Waals surface area contributed by atoms with E-state index in [4.69, 9.17) is 4.74 Å². The van der Waals surface area contributed by atoms with Gasteiger partial charge in [0.2, 0.25) is 0 Å². The zero-order valence-corrected chi connectivity index (χ0v) is 11.5. The molecule has 114 valence electrons. The van der Waals surface area contributed by atoms with Crippen molar-refractivity contribution in [3.63, 3.8) is 0 Å². The van der Waals surface area contributed by atoms with Crippen LogP contribution in [0.2, 0.25) is 0 Å². The van der Waals surface area contributed by atoms with Crippen molar-refractivity contribution in [2.75, 3.05) is 0 Å². The van der Waals surface area contributed by atoms with Gasteiger partial charge in [0.25, 0.3) is 11.4 Å². The molecule has 0 saturated heterocycles. The van der Waals surface area contributed by atoms with Crippen molar-refractivity contribution >= 4 is 29.2 Å². The first kappa shape index (κ1) is 14.4. The maximum absolute atomic E-state index is 11.8. The number of nitro benzene ring substituents is 2. The van der Waals surface area contributed by atoms with Crippen LogP contribution in [0.4, 0.5) is 11.4 Å². The van der Waals surface area contributed by atoms with Crippen molar-refractivity contribution in [3.05, 3.63) is 79.4 Å². The van der Waals surface area contributed by atoms with Gasteiger partial charge in [0, 0.05) is 29.8 Å². The number of ether oxygens (including phenoxy) is 1. The maximum atomic E-state index is 11.8. The van der Waals surface area contributed by atoms with Crippen molar-refractivity contribution < 1.29 is 19.4 Å². The van der Waals surface area contributed by atoms with E-state index in [0.717, 1.165) is 6.07 Å². The molecule has 8 nitrogen and oxygen atoms in total. The first-order valence-corrected chi connectivity index (χ1v) is 6.43. The van der Waals surface area contributed by atoms with Gasteiger partial charge in [-0.05, 0) is 29.8 Å². The Morgan fingerprint density at radius 2 is 1.48 bits per heavy atom. The quantitative estimate of drug-likeness (QED) is 0.488. The molecule has 2 aromatic rings. The minimum atomic E-state index is -0.670. The molecule has 0 radical (unpaired) electrons. The lowest BCUT2D eigenvalue weighted by atomic mass is 10.1. The van der Waals surface area contributed by atoms with Crippen molar-refractivity contribution in [1.29, 1.82) is 0 Å². The lowest BCUT2D eigenvalue weighted by Gasteiger charge is -1.99. The van der Waals surface area contributed by atoms with Crippen molar-refractivity contribution in [2.24, 2.45) is 0 Å². The number of rotatable bonds is 3. The number of carbonyl (C=O) groups is 1. The van der Waals surface area contributed by atoms with Gasteiger partial charge in [-0.25, -0.2) is 4.79 Å². The van der Waals surface area contributed by atoms with Gasteiger partial charge in [-0.3, -0.25) is 20.2 Å². The molecule has 0 aliphatic carbocycles. The van der Waals surface area contributed by atoms with Gasteiger partial charge in [0.15, 0.2) is 0 Å². The minimum Gasteiger partial charge on any atom is -0.422 e. The Balaban J connectivity index is 1.98. The zero-order valence-electron chi connectivity index (χ0n) is 11.5. The summed E-state index contributed by atoms with van der Waals surface area (Å²) in [5, 5.41) is 21.4. The monoisotopic (exact) mass is 312 g/mol. The molecule has 0 bridgehead atoms. The van der Waals surface area contributed by atoms with Crippen LogP contribution in [0.25, 0.3) is 11.8 Å². The van der Waals surface area contributed by atoms with Crippen LogP contribution >= 0.6 is 0 Å². The number of nitrogens with zero attached hydrogens (tertiary/aromatic N) is 2. The summed E-state index contributed by atoms with van der Waals surface area (Å²) in [6.07, 6.45) is 1.54. The lowest BCUT2D eigenvalue weighted by Crippen LogP contribution is -1.95. The molecular weight excluding hydrogens is 304 g/mol. The second kappa shape index (κ2) is 5.34. The average molecular weight is 312 g/mol. The molecule has 0 atom stereocenters. The number of hydrogen-bond acceptors (Lipinski definition) is 6. The Hall–Kier alpha value is -3.55. The Labute approximate surface area is 128 Å². The average Bonchev–Trinajstić information content (AvgIpc) is 2.83. The molecule has 0 unspecified atom stereocenters. The molecular formula is C15H8N2O6. The third-order valence-electron chi connectivity index (χ3n) is 3.30. The highest BCUT2D eigenvalue weighted by atomic mass is 16.6. The van der Waals surface area contributed by atoms with Gasteiger partial charge in [0.05, 0.1) is 15.4 Å². The standard InChI is InChI=1S/C15H8N2O6/c18-15-13-8-11(17(21)22)5-6-12(13)14(23-15)7-9-1-3-10(4-2-9)16(19)20/h1-8H/b14-7-. The summed E-state index contributed by atoms with van der Waals surface area (Å²) in [6.45, 7) is 0. The minimum absolute atomic E-state index is 0.0495. The fourth-order valence-electron chi connectivity index (χ4n) is 2.19. The fraction of sp³-hybridized carbons (Fsp3) is 0. The van der Waals surface area contributed by atoms with Crippen LogP contribution in [0.5, 0.6) is 0 Å². The smallest absolute Gasteiger partial charge is 0.344 e. The molecule has 1 heterocycles. The second-order valence-corrected chi connectivity index (χ2v) is 4.73. The zero-order chi connectivity index (χ0) is 16.6. The highest BCUT2D eigenvalue weighted by Gasteiger charge is 2.28. The molecule has 8 heteroatoms. The predicted octanol–water partition coefficient (Wildman–Crippen LogP) is 3.17. The maximum Gasteiger partial charge on any atom is 0.344 e. The van der Waals surface area contributed by atoms with E-state index in [1.165, 1.54) is 36.4 Å². The van der Waals surface area contributed by atoms with Crippen LogP contribution in [0.15, 0.2) is 42.5 Å². The Bertz CT molecular complexity index is 870. The van der Waals surface area contributed by atoms with Gasteiger partial charge >= 0.3 is 5.97 Å². The molecule has 0 spiro atoms. The fourth-order valence-corrected chi connectivity index (χ4v) is 2.19. The molecule has 1 aliphatic rings. The molecule has 0 aromatic heterocycles. The van der Waals surface area contributed by atoms with E-state index < -0.39 is 15.8 Å². The van der Waals surface area contributed by atoms with Crippen LogP contribution in [-0.4, -0.2) is 15.8 Å². The summed E-state index contributed by atoms with van der Waals surface area (Å²) in [5.74, 6) is -0.425. The van der Waals surface area contributed by atoms with Crippen LogP contribution in [0.3, 0.4) is 0 Å². The summed E-state index contributed by atoms with van der Waals surface area (Å²) in [5.41, 5.74) is 0.916. The Morgan fingerprint density at radius 3 is 2.09 bits per heavy atom. The number of benzene rings is 2. The number of hydrogen-bond donors (Lipinski definition) is 0. The van der Waals surface area contributed by atoms with E-state index >= 15 is 0 Å². The number of nitro groups is 2. The lowest BCUT2D eigenvalue weighted by molar-refractivity contribution is -0.385. The van der Waals surface area contributed by atoms with Crippen LogP contribution in [-0.2, 0) is 4.74 Å². The van der Waals surface area contributed by atoms with Crippen molar-refractivity contribution in [2.45, 2.75) is 0 Å². The van der Waals surface area contributed by atoms with Gasteiger partial charge in [-0.1, -0.05) is 0 Å². The van der Waals surface area contributed by atoms with Gasteiger partial charge in [0.1, 0.15) is 5.76 Å². The molecule has 0 N–H and O–H groups in total. The van der Waals surface area contributed by atoms with Gasteiger partial charge < -0.3 is 4.74 Å². The van der Waals surface area contributed by atoms with E-state index in [1.54, 1.807) is 6.08 Å². The van der Waals surface area contributed by atoms with E-state index in [0.29, 0.717) is 11.1 Å². The first-order valence-electron chi connectivity index (χ1n) is 6.43. The third kappa shape index (κ3) is 2.64. The van der Waals surface area contributed by atoms with E-state index in [9.17, 15) is 25.0 Å². The van der Waals surface area contributed by atoms with Crippen molar-refractivity contribution in [1.82, 2.24) is 0 Å². The van der Waals surface area contributed by atoms with E-state index in [-0.39, 0.29) is 22.7 Å². The number of esters is 1. The third-order valence-corrected chi connectivity index (χ3v) is 3.30. The summed E-state index contributed by atoms with van der Waals surface area (Å²) in [6, 6.07) is 9.58. The van der Waals surface area contributed by atoms with Crippen LogP contribution in [0.1, 0.15) is 21.5 Å². The first-order chi connectivity index (χ1) is 11.0. The molecule has 0 saturated carbocycles. The summed E-state index contributed by atoms with van der Waals surface area (Å²) < 4.78 is 5.11. The largest absolute Gasteiger partial charge is 0.422 e. The number of carbonyl (C=O) groups excluding carboxylic acids is 1. The van der Waals surface area contributed by atoms with E-state index in [2.05, 4.69) is 0 Å². The highest BCUT2D eigenvalue weighted by molar-refractivity contribution is 6.06. The predicted molar refractivity (Wildman–Crippen MR) is 79.5 cm³/mol. The molecule has 3 rings (SSSR count). The van der Waals surface area contributed by atoms with Crippen LogP contribution in [0, 0.1) is 20.2 Å². The summed E-state index contributed by atoms with van der Waals surface area (Å²) >= 11 is 0.